The fraction of sp³-hybridized carbons (Fsp3) is 0.414. The summed E-state index contributed by atoms with van der Waals surface area (Å²) in [5, 5.41) is 14.7. The number of aliphatic imine (C=N–C) groups is 1. The van der Waals surface area contributed by atoms with E-state index in [1.165, 1.54) is 0 Å². The third kappa shape index (κ3) is 6.64. The fourth-order valence-corrected chi connectivity index (χ4v) is 4.98. The van der Waals surface area contributed by atoms with Crippen molar-refractivity contribution in [2.45, 2.75) is 33.7 Å². The number of furan rings is 1. The maximum absolute atomic E-state index is 13.5. The molecule has 0 saturated carbocycles. The summed E-state index contributed by atoms with van der Waals surface area (Å²) >= 11 is 4.24. The van der Waals surface area contributed by atoms with Crippen molar-refractivity contribution in [2.75, 3.05) is 50.1 Å². The fourth-order valence-electron chi connectivity index (χ4n) is 4.84. The van der Waals surface area contributed by atoms with Gasteiger partial charge < -0.3 is 29.5 Å². The molecule has 1 saturated heterocycles. The highest BCUT2D eigenvalue weighted by molar-refractivity contribution is 7.79. The van der Waals surface area contributed by atoms with Crippen LogP contribution in [0.4, 0.5) is 11.6 Å². The van der Waals surface area contributed by atoms with Gasteiger partial charge in [0.25, 0.3) is 5.91 Å². The molecule has 1 aromatic carbocycles. The number of para-hydroxylation sites is 1. The molecule has 1 fully saturated rings. The smallest absolute Gasteiger partial charge is 0.257 e. The lowest BCUT2D eigenvalue weighted by molar-refractivity contribution is 0.0743. The van der Waals surface area contributed by atoms with Gasteiger partial charge in [0.2, 0.25) is 5.95 Å². The summed E-state index contributed by atoms with van der Waals surface area (Å²) in [6.45, 7) is 10.4. The van der Waals surface area contributed by atoms with Gasteiger partial charge in [0.15, 0.2) is 17.4 Å². The summed E-state index contributed by atoms with van der Waals surface area (Å²) in [6, 6.07) is 10.5. The van der Waals surface area contributed by atoms with E-state index < -0.39 is 0 Å². The van der Waals surface area contributed by atoms with Crippen LogP contribution in [-0.2, 0) is 0 Å². The molecule has 1 atom stereocenters. The molecule has 4 rings (SSSR count). The minimum atomic E-state index is -0.247. The van der Waals surface area contributed by atoms with Crippen LogP contribution in [0.2, 0.25) is 0 Å². The second-order valence-electron chi connectivity index (χ2n) is 10.9. The molecule has 0 aliphatic carbocycles. The van der Waals surface area contributed by atoms with Crippen LogP contribution in [0.3, 0.4) is 0 Å². The maximum Gasteiger partial charge on any atom is 0.257 e. The van der Waals surface area contributed by atoms with Gasteiger partial charge in [0.05, 0.1) is 17.3 Å². The van der Waals surface area contributed by atoms with Gasteiger partial charge in [-0.1, -0.05) is 26.8 Å². The number of amidine groups is 2. The number of amides is 1. The average Bonchev–Trinajstić information content (AvgIpc) is 3.40. The number of nitrogens with one attached hydrogen (secondary N) is 1. The topological polar surface area (TPSA) is 123 Å². The van der Waals surface area contributed by atoms with Crippen molar-refractivity contribution < 1.29 is 14.3 Å². The number of carbonyl (C=O) groups is 1. The van der Waals surface area contributed by atoms with Gasteiger partial charge in [0, 0.05) is 52.7 Å². The van der Waals surface area contributed by atoms with E-state index in [0.29, 0.717) is 49.5 Å². The molecule has 218 valence electrons. The number of rotatable bonds is 5. The van der Waals surface area contributed by atoms with E-state index in [9.17, 15) is 9.90 Å². The van der Waals surface area contributed by atoms with Crippen molar-refractivity contribution in [2.24, 2.45) is 14.8 Å². The lowest BCUT2D eigenvalue weighted by Crippen LogP contribution is -2.49. The number of benzene rings is 1. The number of phenolic OH excluding ortho intramolecular Hbond substituents is 1. The van der Waals surface area contributed by atoms with E-state index >= 15 is 0 Å². The number of nitrogens with zero attached hydrogens (tertiary/aromatic N) is 7. The molecule has 1 aliphatic heterocycles. The third-order valence-corrected chi connectivity index (χ3v) is 7.24. The van der Waals surface area contributed by atoms with Crippen molar-refractivity contribution in [1.29, 1.82) is 0 Å². The highest BCUT2D eigenvalue weighted by Gasteiger charge is 2.32. The van der Waals surface area contributed by atoms with Crippen molar-refractivity contribution in [3.63, 3.8) is 0 Å². The van der Waals surface area contributed by atoms with Gasteiger partial charge in [-0.15, -0.1) is 0 Å². The Kier molecular flexibility index (Phi) is 9.21. The summed E-state index contributed by atoms with van der Waals surface area (Å²) in [5.41, 5.74) is 0.381. The Labute approximate surface area is 246 Å². The highest BCUT2D eigenvalue weighted by atomic mass is 32.1. The summed E-state index contributed by atoms with van der Waals surface area (Å²) in [5.74, 6) is 2.64. The molecule has 3 aromatic rings. The van der Waals surface area contributed by atoms with E-state index in [1.54, 1.807) is 60.6 Å². The lowest BCUT2D eigenvalue weighted by Gasteiger charge is -2.35. The number of aryl methyl sites for hydroxylation is 1. The normalized spacial score (nSPS) is 15.6. The molecule has 0 spiro atoms. The first-order valence-corrected chi connectivity index (χ1v) is 13.8. The second-order valence-corrected chi connectivity index (χ2v) is 11.1. The molecule has 41 heavy (non-hydrogen) atoms. The Morgan fingerprint density at radius 3 is 2.37 bits per heavy atom. The van der Waals surface area contributed by atoms with Crippen molar-refractivity contribution in [3.8, 4) is 5.75 Å². The standard InChI is InChI=1S/C29H38N8O3S/c1-19-11-12-22(40-19)24(29(2,3)4)33-25(34-41)26(30-5)35(6)21-10-7-9-20(23(21)38)27(39)36-15-17-37(18-16-36)28-31-13-8-14-32-28/h7-14,24,38,41H,15-18H2,1-6H3,(H,33,34)/b30-26+/t24-/m0/s1. The predicted molar refractivity (Wildman–Crippen MR) is 165 cm³/mol. The van der Waals surface area contributed by atoms with Gasteiger partial charge >= 0.3 is 0 Å². The summed E-state index contributed by atoms with van der Waals surface area (Å²) in [7, 11) is 3.39. The highest BCUT2D eigenvalue weighted by Crippen LogP contribution is 2.35. The van der Waals surface area contributed by atoms with Crippen molar-refractivity contribution >= 4 is 42.0 Å². The van der Waals surface area contributed by atoms with Crippen LogP contribution in [0.15, 0.2) is 62.6 Å². The molecule has 1 amide bonds. The minimum absolute atomic E-state index is 0.137. The zero-order chi connectivity index (χ0) is 29.7. The first kappa shape index (κ1) is 29.9. The number of likely N-dealkylation sites (N-methyl/N-ethyl adjacent to an activating group) is 1. The van der Waals surface area contributed by atoms with Crippen LogP contribution < -0.4 is 15.1 Å². The van der Waals surface area contributed by atoms with Gasteiger partial charge in [0.1, 0.15) is 11.5 Å². The Morgan fingerprint density at radius 1 is 1.12 bits per heavy atom. The molecule has 0 bridgehead atoms. The number of carbonyl (C=O) groups excluding carboxylic acids is 1. The zero-order valence-corrected chi connectivity index (χ0v) is 25.3. The Morgan fingerprint density at radius 2 is 1.80 bits per heavy atom. The van der Waals surface area contributed by atoms with E-state index in [-0.39, 0.29) is 28.7 Å². The van der Waals surface area contributed by atoms with Crippen LogP contribution in [0.1, 0.15) is 48.7 Å². The zero-order valence-electron chi connectivity index (χ0n) is 24.4. The third-order valence-electron chi connectivity index (χ3n) is 7.04. The van der Waals surface area contributed by atoms with E-state index in [0.717, 1.165) is 11.5 Å². The summed E-state index contributed by atoms with van der Waals surface area (Å²) in [6.07, 6.45) is 3.41. The molecule has 3 heterocycles. The first-order valence-electron chi connectivity index (χ1n) is 13.4. The maximum atomic E-state index is 13.5. The molecule has 11 nitrogen and oxygen atoms in total. The quantitative estimate of drug-likeness (QED) is 0.235. The minimum Gasteiger partial charge on any atom is -0.505 e. The summed E-state index contributed by atoms with van der Waals surface area (Å²) in [4.78, 5) is 32.0. The number of hydrogen-bond donors (Lipinski definition) is 3. The van der Waals surface area contributed by atoms with Crippen LogP contribution in [0.25, 0.3) is 0 Å². The van der Waals surface area contributed by atoms with Gasteiger partial charge in [-0.25, -0.2) is 9.97 Å². The number of thiol groups is 1. The Hall–Kier alpha value is -4.06. The largest absolute Gasteiger partial charge is 0.505 e. The van der Waals surface area contributed by atoms with Crippen LogP contribution in [-0.4, -0.2) is 77.8 Å². The van der Waals surface area contributed by atoms with Crippen LogP contribution >= 0.6 is 12.8 Å². The van der Waals surface area contributed by atoms with Crippen LogP contribution in [0, 0.1) is 12.3 Å². The van der Waals surface area contributed by atoms with Gasteiger partial charge in [-0.05, 0) is 55.5 Å². The number of aromatic hydroxyl groups is 1. The molecule has 0 radical (unpaired) electrons. The van der Waals surface area contributed by atoms with Gasteiger partial charge in [-0.3, -0.25) is 9.79 Å². The molecular formula is C29H38N8O3S. The average molecular weight is 579 g/mol. The number of aromatic nitrogens is 2. The van der Waals surface area contributed by atoms with Crippen LogP contribution in [0.5, 0.6) is 5.75 Å². The molecule has 2 aromatic heterocycles. The molecule has 12 heteroatoms. The first-order chi connectivity index (χ1) is 19.5. The predicted octanol–water partition coefficient (Wildman–Crippen LogP) is 4.13. The van der Waals surface area contributed by atoms with E-state index in [1.807, 2.05) is 24.0 Å². The number of anilines is 2. The van der Waals surface area contributed by atoms with Crippen molar-refractivity contribution in [3.05, 3.63) is 65.9 Å². The molecule has 1 aliphatic rings. The van der Waals surface area contributed by atoms with E-state index in [2.05, 4.69) is 58.3 Å². The Bertz CT molecular complexity index is 1410. The monoisotopic (exact) mass is 578 g/mol. The van der Waals surface area contributed by atoms with Gasteiger partial charge in [-0.2, -0.15) is 4.40 Å². The second kappa shape index (κ2) is 12.6. The van der Waals surface area contributed by atoms with E-state index in [4.69, 9.17) is 4.42 Å². The number of phenols is 1. The SMILES string of the molecule is C/N=C(\C(=N/S)N[C@@H](c1ccc(C)o1)C(C)(C)C)N(C)c1cccc(C(=O)N2CCN(c3ncccn3)CC2)c1O. The molecule has 2 N–H and O–H groups in total. The summed E-state index contributed by atoms with van der Waals surface area (Å²) < 4.78 is 10.1. The molecule has 0 unspecified atom stereocenters. The molecular weight excluding hydrogens is 540 g/mol. The lowest BCUT2D eigenvalue weighted by atomic mass is 9.85. The Balaban J connectivity index is 1.53. The van der Waals surface area contributed by atoms with Crippen molar-refractivity contribution in [1.82, 2.24) is 20.2 Å². The number of hydrogen-bond acceptors (Lipinski definition) is 9. The number of piperazine rings is 1.